The fourth-order valence-electron chi connectivity index (χ4n) is 1.27. The second kappa shape index (κ2) is 6.02. The van der Waals surface area contributed by atoms with Crippen LogP contribution in [0.5, 0.6) is 5.88 Å². The van der Waals surface area contributed by atoms with Crippen molar-refractivity contribution in [3.63, 3.8) is 0 Å². The normalized spacial score (nSPS) is 12.5. The summed E-state index contributed by atoms with van der Waals surface area (Å²) in [6.07, 6.45) is 4.14. The van der Waals surface area contributed by atoms with Gasteiger partial charge in [-0.2, -0.15) is 0 Å². The minimum Gasteiger partial charge on any atom is -0.477 e. The maximum absolute atomic E-state index is 5.59. The zero-order valence-corrected chi connectivity index (χ0v) is 10.3. The number of nitrogens with zero attached hydrogens (tertiary/aromatic N) is 1. The molecule has 0 saturated carbocycles. The zero-order valence-electron chi connectivity index (χ0n) is 8.66. The van der Waals surface area contributed by atoms with Crippen LogP contribution >= 0.6 is 15.9 Å². The van der Waals surface area contributed by atoms with Crippen molar-refractivity contribution in [3.8, 4) is 5.88 Å². The third kappa shape index (κ3) is 3.66. The summed E-state index contributed by atoms with van der Waals surface area (Å²) < 4.78 is 6.51. The highest BCUT2D eigenvalue weighted by Gasteiger charge is 2.04. The van der Waals surface area contributed by atoms with Gasteiger partial charge in [-0.3, -0.25) is 0 Å². The first-order chi connectivity index (χ1) is 6.74. The van der Waals surface area contributed by atoms with Crippen LogP contribution in [0.1, 0.15) is 26.7 Å². The lowest BCUT2D eigenvalue weighted by molar-refractivity contribution is 0.241. The largest absolute Gasteiger partial charge is 0.477 e. The molecule has 14 heavy (non-hydrogen) atoms. The fourth-order valence-corrected chi connectivity index (χ4v) is 1.64. The Bertz CT molecular complexity index is 278. The number of rotatable bonds is 5. The number of aromatic nitrogens is 1. The smallest absolute Gasteiger partial charge is 0.227 e. The molecular formula is C11H16BrNO. The van der Waals surface area contributed by atoms with Crippen LogP contribution in [-0.4, -0.2) is 11.6 Å². The predicted molar refractivity (Wildman–Crippen MR) is 61.5 cm³/mol. The molecule has 0 aliphatic heterocycles. The van der Waals surface area contributed by atoms with Gasteiger partial charge in [0.05, 0.1) is 11.1 Å². The molecule has 1 aromatic heterocycles. The van der Waals surface area contributed by atoms with Crippen molar-refractivity contribution in [3.05, 3.63) is 22.8 Å². The molecule has 2 nitrogen and oxygen atoms in total. The third-order valence-corrected chi connectivity index (χ3v) is 2.61. The molecule has 0 fully saturated rings. The maximum Gasteiger partial charge on any atom is 0.227 e. The van der Waals surface area contributed by atoms with E-state index in [9.17, 15) is 0 Å². The average Bonchev–Trinajstić information content (AvgIpc) is 2.17. The topological polar surface area (TPSA) is 22.1 Å². The molecule has 0 aliphatic rings. The van der Waals surface area contributed by atoms with Crippen LogP contribution in [0.3, 0.4) is 0 Å². The standard InChI is InChI=1S/C11H16BrNO/c1-3-5-9(2)8-14-11-10(12)6-4-7-13-11/h4,6-7,9H,3,5,8H2,1-2H3. The molecule has 0 radical (unpaired) electrons. The number of hydrogen-bond acceptors (Lipinski definition) is 2. The number of halogens is 1. The number of hydrogen-bond donors (Lipinski definition) is 0. The lowest BCUT2D eigenvalue weighted by Crippen LogP contribution is -2.09. The van der Waals surface area contributed by atoms with E-state index >= 15 is 0 Å². The molecular weight excluding hydrogens is 242 g/mol. The molecule has 3 heteroatoms. The number of ether oxygens (including phenoxy) is 1. The van der Waals surface area contributed by atoms with E-state index in [4.69, 9.17) is 4.74 Å². The molecule has 0 aromatic carbocycles. The highest BCUT2D eigenvalue weighted by atomic mass is 79.9. The van der Waals surface area contributed by atoms with Gasteiger partial charge in [0.15, 0.2) is 0 Å². The van der Waals surface area contributed by atoms with Crippen molar-refractivity contribution in [2.45, 2.75) is 26.7 Å². The van der Waals surface area contributed by atoms with Crippen molar-refractivity contribution >= 4 is 15.9 Å². The minimum atomic E-state index is 0.592. The van der Waals surface area contributed by atoms with Gasteiger partial charge in [-0.25, -0.2) is 4.98 Å². The molecule has 0 aliphatic carbocycles. The van der Waals surface area contributed by atoms with Gasteiger partial charge in [0.25, 0.3) is 0 Å². The summed E-state index contributed by atoms with van der Waals surface area (Å²) in [5.41, 5.74) is 0. The molecule has 1 unspecified atom stereocenters. The Kier molecular flexibility index (Phi) is 4.94. The molecule has 1 aromatic rings. The van der Waals surface area contributed by atoms with Crippen molar-refractivity contribution in [2.75, 3.05) is 6.61 Å². The van der Waals surface area contributed by atoms with Gasteiger partial charge >= 0.3 is 0 Å². The van der Waals surface area contributed by atoms with Crippen molar-refractivity contribution in [1.82, 2.24) is 4.98 Å². The van der Waals surface area contributed by atoms with Gasteiger partial charge < -0.3 is 4.74 Å². The Morgan fingerprint density at radius 1 is 1.57 bits per heavy atom. The molecule has 0 N–H and O–H groups in total. The Morgan fingerprint density at radius 2 is 2.36 bits per heavy atom. The SMILES string of the molecule is CCCC(C)COc1ncccc1Br. The van der Waals surface area contributed by atoms with Gasteiger partial charge in [0.2, 0.25) is 5.88 Å². The Morgan fingerprint density at radius 3 is 3.00 bits per heavy atom. The molecule has 1 rings (SSSR count). The summed E-state index contributed by atoms with van der Waals surface area (Å²) in [6, 6.07) is 3.82. The van der Waals surface area contributed by atoms with E-state index in [-0.39, 0.29) is 0 Å². The monoisotopic (exact) mass is 257 g/mol. The summed E-state index contributed by atoms with van der Waals surface area (Å²) in [5.74, 6) is 1.28. The van der Waals surface area contributed by atoms with E-state index in [1.807, 2.05) is 12.1 Å². The van der Waals surface area contributed by atoms with Crippen LogP contribution in [-0.2, 0) is 0 Å². The van der Waals surface area contributed by atoms with Gasteiger partial charge in [-0.15, -0.1) is 0 Å². The van der Waals surface area contributed by atoms with Gasteiger partial charge in [0.1, 0.15) is 0 Å². The zero-order chi connectivity index (χ0) is 10.4. The second-order valence-electron chi connectivity index (χ2n) is 3.50. The Labute approximate surface area is 93.8 Å². The first-order valence-electron chi connectivity index (χ1n) is 4.97. The van der Waals surface area contributed by atoms with Crippen LogP contribution in [0.25, 0.3) is 0 Å². The first-order valence-corrected chi connectivity index (χ1v) is 5.76. The molecule has 0 saturated heterocycles. The van der Waals surface area contributed by atoms with Crippen LogP contribution in [0.15, 0.2) is 22.8 Å². The van der Waals surface area contributed by atoms with E-state index in [1.165, 1.54) is 12.8 Å². The van der Waals surface area contributed by atoms with E-state index in [2.05, 4.69) is 34.8 Å². The molecule has 0 amide bonds. The predicted octanol–water partition coefficient (Wildman–Crippen LogP) is 3.66. The minimum absolute atomic E-state index is 0.592. The first kappa shape index (κ1) is 11.5. The van der Waals surface area contributed by atoms with E-state index in [1.54, 1.807) is 6.20 Å². The summed E-state index contributed by atoms with van der Waals surface area (Å²) in [6.45, 7) is 5.12. The summed E-state index contributed by atoms with van der Waals surface area (Å²) in [5, 5.41) is 0. The second-order valence-corrected chi connectivity index (χ2v) is 4.35. The Hall–Kier alpha value is -0.570. The third-order valence-electron chi connectivity index (χ3n) is 2.01. The fraction of sp³-hybridized carbons (Fsp3) is 0.545. The highest BCUT2D eigenvalue weighted by Crippen LogP contribution is 2.21. The lowest BCUT2D eigenvalue weighted by atomic mass is 10.1. The lowest BCUT2D eigenvalue weighted by Gasteiger charge is -2.11. The van der Waals surface area contributed by atoms with Gasteiger partial charge in [-0.1, -0.05) is 20.3 Å². The summed E-state index contributed by atoms with van der Waals surface area (Å²) in [7, 11) is 0. The summed E-state index contributed by atoms with van der Waals surface area (Å²) in [4.78, 5) is 4.14. The highest BCUT2D eigenvalue weighted by molar-refractivity contribution is 9.10. The summed E-state index contributed by atoms with van der Waals surface area (Å²) >= 11 is 3.40. The van der Waals surface area contributed by atoms with E-state index in [0.717, 1.165) is 11.1 Å². The van der Waals surface area contributed by atoms with Crippen molar-refractivity contribution in [2.24, 2.45) is 5.92 Å². The maximum atomic E-state index is 5.59. The van der Waals surface area contributed by atoms with E-state index in [0.29, 0.717) is 11.8 Å². The molecule has 1 heterocycles. The van der Waals surface area contributed by atoms with Crippen LogP contribution in [0, 0.1) is 5.92 Å². The van der Waals surface area contributed by atoms with E-state index < -0.39 is 0 Å². The molecule has 0 bridgehead atoms. The molecule has 78 valence electrons. The average molecular weight is 258 g/mol. The van der Waals surface area contributed by atoms with Crippen LogP contribution in [0.4, 0.5) is 0 Å². The quantitative estimate of drug-likeness (QED) is 0.804. The number of pyridine rings is 1. The Balaban J connectivity index is 2.41. The molecule has 1 atom stereocenters. The van der Waals surface area contributed by atoms with Crippen molar-refractivity contribution in [1.29, 1.82) is 0 Å². The van der Waals surface area contributed by atoms with Crippen molar-refractivity contribution < 1.29 is 4.74 Å². The van der Waals surface area contributed by atoms with Crippen LogP contribution in [0.2, 0.25) is 0 Å². The van der Waals surface area contributed by atoms with Gasteiger partial charge in [-0.05, 0) is 40.4 Å². The van der Waals surface area contributed by atoms with Gasteiger partial charge in [0, 0.05) is 6.20 Å². The molecule has 0 spiro atoms. The van der Waals surface area contributed by atoms with Crippen LogP contribution < -0.4 is 4.74 Å².